The zero-order valence-corrected chi connectivity index (χ0v) is 8.40. The quantitative estimate of drug-likeness (QED) is 0.586. The molecule has 1 aliphatic rings. The molecule has 1 nitrogen and oxygen atoms in total. The Labute approximate surface area is 89.2 Å². The maximum atomic E-state index is 4.50. The highest BCUT2D eigenvalue weighted by Gasteiger charge is 2.17. The molecular weight excluding hydrogens is 182 g/mol. The number of benzene rings is 1. The smallest absolute Gasteiger partial charge is 0.113 e. The molecule has 15 heavy (non-hydrogen) atoms. The predicted molar refractivity (Wildman–Crippen MR) is 61.3 cm³/mol. The topological polar surface area (TPSA) is 12.9 Å². The van der Waals surface area contributed by atoms with Crippen molar-refractivity contribution in [2.24, 2.45) is 5.92 Å². The Morgan fingerprint density at radius 3 is 2.80 bits per heavy atom. The van der Waals surface area contributed by atoms with Crippen LogP contribution in [0.5, 0.6) is 0 Å². The third-order valence-electron chi connectivity index (χ3n) is 2.58. The van der Waals surface area contributed by atoms with E-state index in [1.54, 1.807) is 0 Å². The lowest BCUT2D eigenvalue weighted by atomic mass is 10.2. The van der Waals surface area contributed by atoms with Gasteiger partial charge in [-0.2, -0.15) is 0 Å². The van der Waals surface area contributed by atoms with Gasteiger partial charge in [0.05, 0.1) is 5.52 Å². The average Bonchev–Trinajstić information content (AvgIpc) is 3.10. The zero-order valence-electron chi connectivity index (χ0n) is 8.40. The SMILES string of the molecule is C(#CC1CC1)c1ccc2ccccc2n1. The Morgan fingerprint density at radius 2 is 1.93 bits per heavy atom. The fraction of sp³-hybridized carbons (Fsp3) is 0.214. The molecule has 1 aromatic heterocycles. The van der Waals surface area contributed by atoms with Gasteiger partial charge in [-0.3, -0.25) is 0 Å². The number of aromatic nitrogens is 1. The Kier molecular flexibility index (Phi) is 1.93. The van der Waals surface area contributed by atoms with Gasteiger partial charge in [0.15, 0.2) is 0 Å². The first kappa shape index (κ1) is 8.49. The lowest BCUT2D eigenvalue weighted by Crippen LogP contribution is -1.83. The standard InChI is InChI=1S/C14H11N/c1-2-4-14-12(3-1)8-10-13(15-14)9-7-11-5-6-11/h1-4,8,10-11H,5-6H2. The van der Waals surface area contributed by atoms with Gasteiger partial charge in [0.1, 0.15) is 5.69 Å². The van der Waals surface area contributed by atoms with E-state index in [1.807, 2.05) is 24.3 Å². The summed E-state index contributed by atoms with van der Waals surface area (Å²) in [4.78, 5) is 4.50. The van der Waals surface area contributed by atoms with Crippen LogP contribution >= 0.6 is 0 Å². The number of hydrogen-bond acceptors (Lipinski definition) is 1. The van der Waals surface area contributed by atoms with E-state index in [2.05, 4.69) is 29.0 Å². The molecule has 0 amide bonds. The van der Waals surface area contributed by atoms with Crippen molar-refractivity contribution in [2.75, 3.05) is 0 Å². The van der Waals surface area contributed by atoms with Crippen molar-refractivity contribution in [2.45, 2.75) is 12.8 Å². The minimum absolute atomic E-state index is 0.637. The van der Waals surface area contributed by atoms with Gasteiger partial charge in [0, 0.05) is 11.3 Å². The van der Waals surface area contributed by atoms with Crippen molar-refractivity contribution in [1.82, 2.24) is 4.98 Å². The highest BCUT2D eigenvalue weighted by Crippen LogP contribution is 2.27. The first-order valence-electron chi connectivity index (χ1n) is 5.29. The van der Waals surface area contributed by atoms with Gasteiger partial charge in [-0.25, -0.2) is 4.98 Å². The fourth-order valence-corrected chi connectivity index (χ4v) is 1.54. The molecule has 3 rings (SSSR count). The molecule has 0 unspecified atom stereocenters. The van der Waals surface area contributed by atoms with Gasteiger partial charge < -0.3 is 0 Å². The summed E-state index contributed by atoms with van der Waals surface area (Å²) >= 11 is 0. The van der Waals surface area contributed by atoms with E-state index in [0.717, 1.165) is 11.2 Å². The normalized spacial score (nSPS) is 14.7. The number of fused-ring (bicyclic) bond motifs is 1. The van der Waals surface area contributed by atoms with Gasteiger partial charge in [0.2, 0.25) is 0 Å². The van der Waals surface area contributed by atoms with E-state index in [4.69, 9.17) is 0 Å². The van der Waals surface area contributed by atoms with Crippen LogP contribution in [0.4, 0.5) is 0 Å². The van der Waals surface area contributed by atoms with E-state index >= 15 is 0 Å². The molecule has 72 valence electrons. The Balaban J connectivity index is 2.02. The second kappa shape index (κ2) is 3.40. The van der Waals surface area contributed by atoms with Gasteiger partial charge in [-0.1, -0.05) is 30.2 Å². The third-order valence-corrected chi connectivity index (χ3v) is 2.58. The molecule has 1 heterocycles. The second-order valence-corrected chi connectivity index (χ2v) is 3.93. The highest BCUT2D eigenvalue weighted by molar-refractivity contribution is 5.78. The van der Waals surface area contributed by atoms with Crippen molar-refractivity contribution in [3.05, 3.63) is 42.1 Å². The van der Waals surface area contributed by atoms with Gasteiger partial charge in [0.25, 0.3) is 0 Å². The zero-order chi connectivity index (χ0) is 10.1. The molecule has 0 atom stereocenters. The molecule has 0 aliphatic heterocycles. The van der Waals surface area contributed by atoms with Gasteiger partial charge in [-0.05, 0) is 30.9 Å². The summed E-state index contributed by atoms with van der Waals surface area (Å²) in [5, 5.41) is 1.18. The number of hydrogen-bond donors (Lipinski definition) is 0. The molecule has 2 aromatic rings. The van der Waals surface area contributed by atoms with Crippen LogP contribution in [-0.2, 0) is 0 Å². The number of pyridine rings is 1. The molecule has 0 spiro atoms. The molecule has 0 bridgehead atoms. The summed E-state index contributed by atoms with van der Waals surface area (Å²) in [5.41, 5.74) is 1.92. The number of para-hydroxylation sites is 1. The van der Waals surface area contributed by atoms with Crippen molar-refractivity contribution in [3.63, 3.8) is 0 Å². The summed E-state index contributed by atoms with van der Waals surface area (Å²) < 4.78 is 0. The van der Waals surface area contributed by atoms with Gasteiger partial charge >= 0.3 is 0 Å². The minimum Gasteiger partial charge on any atom is -0.239 e. The highest BCUT2D eigenvalue weighted by atomic mass is 14.7. The minimum atomic E-state index is 0.637. The third kappa shape index (κ3) is 1.85. The molecule has 1 fully saturated rings. The number of rotatable bonds is 0. The van der Waals surface area contributed by atoms with E-state index in [0.29, 0.717) is 5.92 Å². The van der Waals surface area contributed by atoms with Crippen LogP contribution in [0.25, 0.3) is 10.9 Å². The largest absolute Gasteiger partial charge is 0.239 e. The lowest BCUT2D eigenvalue weighted by molar-refractivity contribution is 1.18. The maximum Gasteiger partial charge on any atom is 0.113 e. The molecule has 1 aromatic carbocycles. The van der Waals surface area contributed by atoms with Crippen LogP contribution in [0.2, 0.25) is 0 Å². The monoisotopic (exact) mass is 193 g/mol. The lowest BCUT2D eigenvalue weighted by Gasteiger charge is -1.96. The number of nitrogens with zero attached hydrogens (tertiary/aromatic N) is 1. The first-order valence-corrected chi connectivity index (χ1v) is 5.29. The molecule has 0 N–H and O–H groups in total. The van der Waals surface area contributed by atoms with E-state index in [1.165, 1.54) is 18.2 Å². The average molecular weight is 193 g/mol. The molecule has 1 heteroatoms. The van der Waals surface area contributed by atoms with Crippen LogP contribution < -0.4 is 0 Å². The molecule has 1 aliphatic carbocycles. The predicted octanol–water partition coefficient (Wildman–Crippen LogP) is 3.00. The Hall–Kier alpha value is -1.81. The van der Waals surface area contributed by atoms with Gasteiger partial charge in [-0.15, -0.1) is 0 Å². The van der Waals surface area contributed by atoms with Crippen LogP contribution in [0, 0.1) is 17.8 Å². The summed E-state index contributed by atoms with van der Waals surface area (Å²) in [5.74, 6) is 7.00. The maximum absolute atomic E-state index is 4.50. The van der Waals surface area contributed by atoms with Crippen molar-refractivity contribution in [3.8, 4) is 11.8 Å². The van der Waals surface area contributed by atoms with Crippen molar-refractivity contribution >= 4 is 10.9 Å². The summed E-state index contributed by atoms with van der Waals surface area (Å²) in [7, 11) is 0. The van der Waals surface area contributed by atoms with Crippen molar-refractivity contribution < 1.29 is 0 Å². The van der Waals surface area contributed by atoms with E-state index in [9.17, 15) is 0 Å². The molecule has 0 saturated heterocycles. The summed E-state index contributed by atoms with van der Waals surface area (Å²) in [6.07, 6.45) is 2.53. The van der Waals surface area contributed by atoms with E-state index in [-0.39, 0.29) is 0 Å². The molecule has 1 saturated carbocycles. The van der Waals surface area contributed by atoms with E-state index < -0.39 is 0 Å². The summed E-state index contributed by atoms with van der Waals surface area (Å²) in [6, 6.07) is 12.2. The summed E-state index contributed by atoms with van der Waals surface area (Å²) in [6.45, 7) is 0. The second-order valence-electron chi connectivity index (χ2n) is 3.93. The van der Waals surface area contributed by atoms with Crippen LogP contribution in [0.3, 0.4) is 0 Å². The fourth-order valence-electron chi connectivity index (χ4n) is 1.54. The molecular formula is C14H11N. The Bertz CT molecular complexity index is 556. The molecule has 0 radical (unpaired) electrons. The van der Waals surface area contributed by atoms with Crippen LogP contribution in [0.15, 0.2) is 36.4 Å². The van der Waals surface area contributed by atoms with Crippen molar-refractivity contribution in [1.29, 1.82) is 0 Å². The van der Waals surface area contributed by atoms with Crippen LogP contribution in [0.1, 0.15) is 18.5 Å². The first-order chi connectivity index (χ1) is 7.42. The Morgan fingerprint density at radius 1 is 1.07 bits per heavy atom. The van der Waals surface area contributed by atoms with Crippen LogP contribution in [-0.4, -0.2) is 4.98 Å².